The van der Waals surface area contributed by atoms with Crippen LogP contribution < -0.4 is 19.1 Å². The van der Waals surface area contributed by atoms with Crippen molar-refractivity contribution in [2.24, 2.45) is 4.99 Å². The summed E-state index contributed by atoms with van der Waals surface area (Å²) in [5.41, 5.74) is 3.98. The number of methoxy groups -OCH3 is 3. The number of aromatic hydroxyl groups is 1. The largest absolute Gasteiger partial charge is 0.508 e. The van der Waals surface area contributed by atoms with Crippen molar-refractivity contribution in [3.05, 3.63) is 76.9 Å². The first-order valence-corrected chi connectivity index (χ1v) is 12.0. The number of amides is 1. The summed E-state index contributed by atoms with van der Waals surface area (Å²) in [6, 6.07) is 13.1. The quantitative estimate of drug-likeness (QED) is 0.450. The fraction of sp³-hybridized carbons (Fsp3) is 0.233. The summed E-state index contributed by atoms with van der Waals surface area (Å²) in [7, 11) is 4.49. The third-order valence-electron chi connectivity index (χ3n) is 6.84. The van der Waals surface area contributed by atoms with Gasteiger partial charge in [-0.25, -0.2) is 4.99 Å². The molecule has 0 radical (unpaired) electrons. The van der Waals surface area contributed by atoms with Crippen LogP contribution in [0.2, 0.25) is 0 Å². The molecule has 0 spiro atoms. The molecule has 3 aromatic carbocycles. The summed E-state index contributed by atoms with van der Waals surface area (Å²) in [5.74, 6) is 0.712. The Morgan fingerprint density at radius 1 is 0.895 bits per heavy atom. The lowest BCUT2D eigenvalue weighted by molar-refractivity contribution is -0.112. The summed E-state index contributed by atoms with van der Waals surface area (Å²) in [6.07, 6.45) is 2.02. The average molecular weight is 513 g/mol. The summed E-state index contributed by atoms with van der Waals surface area (Å²) in [5, 5.41) is 9.67. The van der Waals surface area contributed by atoms with Crippen LogP contribution in [-0.2, 0) is 4.79 Å². The fourth-order valence-corrected chi connectivity index (χ4v) is 5.18. The number of nitrogens with zero attached hydrogens (tertiary/aromatic N) is 2. The number of phenolic OH excluding ortho intramolecular Hbond substituents is 1. The van der Waals surface area contributed by atoms with E-state index in [1.54, 1.807) is 35.2 Å². The number of carbonyl (C=O) groups excluding carboxylic acids is 2. The van der Waals surface area contributed by atoms with E-state index < -0.39 is 5.54 Å². The molecule has 38 heavy (non-hydrogen) atoms. The Morgan fingerprint density at radius 2 is 1.47 bits per heavy atom. The van der Waals surface area contributed by atoms with Crippen LogP contribution in [0.15, 0.2) is 59.6 Å². The van der Waals surface area contributed by atoms with E-state index in [1.165, 1.54) is 33.5 Å². The van der Waals surface area contributed by atoms with E-state index in [0.29, 0.717) is 39.6 Å². The van der Waals surface area contributed by atoms with Gasteiger partial charge in [0.2, 0.25) is 5.75 Å². The van der Waals surface area contributed by atoms with Crippen LogP contribution in [0.4, 0.5) is 11.4 Å². The van der Waals surface area contributed by atoms with Gasteiger partial charge in [0.25, 0.3) is 5.91 Å². The Balaban J connectivity index is 1.72. The second kappa shape index (κ2) is 9.06. The predicted octanol–water partition coefficient (Wildman–Crippen LogP) is 5.31. The SMILES string of the molecule is COc1cc(C(=O)c2cc3c4c(c2)C(=Nc2ccc(O)cc2)C(=O)N4C(C)(C)C=C3C)cc(OC)c1OC. The maximum absolute atomic E-state index is 13.8. The first-order chi connectivity index (χ1) is 18.1. The molecule has 0 fully saturated rings. The maximum atomic E-state index is 13.8. The number of aliphatic imine (C=N–C) groups is 1. The first-order valence-electron chi connectivity index (χ1n) is 12.0. The molecule has 0 aromatic heterocycles. The van der Waals surface area contributed by atoms with Gasteiger partial charge >= 0.3 is 0 Å². The second-order valence-corrected chi connectivity index (χ2v) is 9.76. The van der Waals surface area contributed by atoms with Crippen LogP contribution in [0.3, 0.4) is 0 Å². The number of anilines is 1. The van der Waals surface area contributed by atoms with Crippen molar-refractivity contribution in [3.8, 4) is 23.0 Å². The summed E-state index contributed by atoms with van der Waals surface area (Å²) < 4.78 is 16.3. The molecule has 0 saturated carbocycles. The number of allylic oxidation sites excluding steroid dienone is 1. The Kier molecular flexibility index (Phi) is 5.98. The molecule has 0 bridgehead atoms. The van der Waals surface area contributed by atoms with Crippen molar-refractivity contribution in [3.63, 3.8) is 0 Å². The Labute approximate surface area is 220 Å². The highest BCUT2D eigenvalue weighted by molar-refractivity contribution is 6.55. The van der Waals surface area contributed by atoms with E-state index in [9.17, 15) is 14.7 Å². The van der Waals surface area contributed by atoms with Gasteiger partial charge in [-0.1, -0.05) is 6.08 Å². The summed E-state index contributed by atoms with van der Waals surface area (Å²) >= 11 is 0. The van der Waals surface area contributed by atoms with E-state index in [-0.39, 0.29) is 23.2 Å². The molecule has 8 heteroatoms. The number of benzene rings is 3. The van der Waals surface area contributed by atoms with Gasteiger partial charge in [0.05, 0.1) is 38.2 Å². The van der Waals surface area contributed by atoms with Crippen LogP contribution in [0.1, 0.15) is 47.8 Å². The van der Waals surface area contributed by atoms with E-state index in [2.05, 4.69) is 4.99 Å². The van der Waals surface area contributed by atoms with Gasteiger partial charge in [-0.2, -0.15) is 0 Å². The summed E-state index contributed by atoms with van der Waals surface area (Å²) in [6.45, 7) is 5.92. The highest BCUT2D eigenvalue weighted by Gasteiger charge is 2.46. The smallest absolute Gasteiger partial charge is 0.278 e. The van der Waals surface area contributed by atoms with E-state index in [1.807, 2.05) is 32.9 Å². The van der Waals surface area contributed by atoms with Crippen molar-refractivity contribution < 1.29 is 28.9 Å². The third-order valence-corrected chi connectivity index (χ3v) is 6.84. The van der Waals surface area contributed by atoms with Gasteiger partial charge < -0.3 is 19.3 Å². The summed E-state index contributed by atoms with van der Waals surface area (Å²) in [4.78, 5) is 34.0. The minimum Gasteiger partial charge on any atom is -0.508 e. The van der Waals surface area contributed by atoms with Crippen molar-refractivity contribution in [2.45, 2.75) is 26.3 Å². The number of hydrogen-bond acceptors (Lipinski definition) is 7. The van der Waals surface area contributed by atoms with Crippen LogP contribution >= 0.6 is 0 Å². The van der Waals surface area contributed by atoms with Gasteiger partial charge in [-0.15, -0.1) is 0 Å². The minimum atomic E-state index is -0.586. The molecule has 8 nitrogen and oxygen atoms in total. The number of ketones is 1. The van der Waals surface area contributed by atoms with Crippen LogP contribution in [0.5, 0.6) is 23.0 Å². The van der Waals surface area contributed by atoms with Gasteiger partial charge in [0.1, 0.15) is 11.5 Å². The van der Waals surface area contributed by atoms with E-state index in [0.717, 1.165) is 16.8 Å². The standard InChI is InChI=1S/C30H28N2O6/c1-16-15-30(2,3)32-26-21(16)11-17(27(34)18-13-23(36-4)28(38-6)24(14-18)37-5)12-22(26)25(29(32)35)31-19-7-9-20(33)10-8-19/h7-15,33H,1-6H3. The minimum absolute atomic E-state index is 0.105. The molecule has 0 aliphatic carbocycles. The molecule has 2 heterocycles. The maximum Gasteiger partial charge on any atom is 0.278 e. The normalized spacial score (nSPS) is 16.3. The molecular weight excluding hydrogens is 484 g/mol. The molecule has 3 aromatic rings. The Hall–Kier alpha value is -4.59. The Morgan fingerprint density at radius 3 is 2.05 bits per heavy atom. The zero-order valence-corrected chi connectivity index (χ0v) is 22.1. The van der Waals surface area contributed by atoms with E-state index in [4.69, 9.17) is 14.2 Å². The molecule has 2 aliphatic heterocycles. The lowest BCUT2D eigenvalue weighted by atomic mass is 9.87. The molecule has 0 saturated heterocycles. The van der Waals surface area contributed by atoms with Gasteiger partial charge in [-0.05, 0) is 74.9 Å². The molecule has 2 aliphatic rings. The van der Waals surface area contributed by atoms with Crippen molar-refractivity contribution >= 4 is 34.3 Å². The zero-order valence-electron chi connectivity index (χ0n) is 22.1. The molecule has 194 valence electrons. The average Bonchev–Trinajstić information content (AvgIpc) is 3.18. The van der Waals surface area contributed by atoms with Gasteiger partial charge in [0, 0.05) is 22.3 Å². The van der Waals surface area contributed by atoms with Gasteiger partial charge in [0.15, 0.2) is 17.3 Å². The van der Waals surface area contributed by atoms with Crippen molar-refractivity contribution in [1.82, 2.24) is 0 Å². The predicted molar refractivity (Wildman–Crippen MR) is 145 cm³/mol. The fourth-order valence-electron chi connectivity index (χ4n) is 5.18. The number of ether oxygens (including phenoxy) is 3. The lowest BCUT2D eigenvalue weighted by Gasteiger charge is -2.38. The highest BCUT2D eigenvalue weighted by Crippen LogP contribution is 2.47. The van der Waals surface area contributed by atoms with Crippen LogP contribution in [0, 0.1) is 0 Å². The molecule has 5 rings (SSSR count). The number of hydrogen-bond donors (Lipinski definition) is 1. The third kappa shape index (κ3) is 3.89. The van der Waals surface area contributed by atoms with Crippen molar-refractivity contribution in [2.75, 3.05) is 26.2 Å². The number of carbonyl (C=O) groups is 2. The topological polar surface area (TPSA) is 97.7 Å². The number of phenols is 1. The first kappa shape index (κ1) is 25.1. The van der Waals surface area contributed by atoms with Crippen LogP contribution in [-0.4, -0.2) is 49.4 Å². The number of rotatable bonds is 6. The molecule has 1 N–H and O–H groups in total. The highest BCUT2D eigenvalue weighted by atomic mass is 16.5. The van der Waals surface area contributed by atoms with Crippen LogP contribution in [0.25, 0.3) is 5.57 Å². The second-order valence-electron chi connectivity index (χ2n) is 9.76. The monoisotopic (exact) mass is 512 g/mol. The molecular formula is C30H28N2O6. The molecule has 1 amide bonds. The zero-order chi connectivity index (χ0) is 27.4. The van der Waals surface area contributed by atoms with Crippen molar-refractivity contribution in [1.29, 1.82) is 0 Å². The van der Waals surface area contributed by atoms with E-state index >= 15 is 0 Å². The molecule has 0 atom stereocenters. The van der Waals surface area contributed by atoms with Gasteiger partial charge in [-0.3, -0.25) is 14.5 Å². The Bertz CT molecular complexity index is 1520. The molecule has 0 unspecified atom stereocenters. The lowest BCUT2D eigenvalue weighted by Crippen LogP contribution is -2.47.